The first kappa shape index (κ1) is 17.6. The lowest BCUT2D eigenvalue weighted by Gasteiger charge is -2.12. The zero-order chi connectivity index (χ0) is 16.7. The highest BCUT2D eigenvalue weighted by atomic mass is 16.7. The van der Waals surface area contributed by atoms with Crippen molar-refractivity contribution in [1.29, 1.82) is 0 Å². The monoisotopic (exact) mass is 325 g/mol. The molecular formula is C15H23N3O5. The fourth-order valence-corrected chi connectivity index (χ4v) is 2.30. The molecule has 1 aliphatic heterocycles. The Bertz CT molecular complexity index is 574. The molecule has 1 aliphatic rings. The molecule has 23 heavy (non-hydrogen) atoms. The van der Waals surface area contributed by atoms with Crippen LogP contribution in [0.5, 0.6) is 0 Å². The standard InChI is InChI=1S/C15H23N3O5/c1-2-3-4-5-6-12(20)16-11-7-8-18(15(21)17-11)13-10-22-14(9-19)23-13/h7-8,13-14,19H,2-6,9-10H2,1H3,(H,16,17,20,21)/t13-,14-/m0/s1. The summed E-state index contributed by atoms with van der Waals surface area (Å²) >= 11 is 0. The van der Waals surface area contributed by atoms with Crippen molar-refractivity contribution in [2.24, 2.45) is 0 Å². The van der Waals surface area contributed by atoms with E-state index in [2.05, 4.69) is 17.2 Å². The Hall–Kier alpha value is -1.77. The minimum absolute atomic E-state index is 0.147. The number of rotatable bonds is 8. The normalized spacial score (nSPS) is 20.6. The van der Waals surface area contributed by atoms with Gasteiger partial charge in [0.05, 0.1) is 13.2 Å². The van der Waals surface area contributed by atoms with E-state index in [0.29, 0.717) is 6.42 Å². The van der Waals surface area contributed by atoms with Crippen molar-refractivity contribution in [3.8, 4) is 0 Å². The second-order valence-corrected chi connectivity index (χ2v) is 5.40. The Balaban J connectivity index is 1.89. The number of nitrogens with one attached hydrogen (secondary N) is 1. The number of carbonyl (C=O) groups excluding carboxylic acids is 1. The highest BCUT2D eigenvalue weighted by Gasteiger charge is 2.27. The Labute approximate surface area is 134 Å². The van der Waals surface area contributed by atoms with Crippen LogP contribution in [0.4, 0.5) is 5.82 Å². The summed E-state index contributed by atoms with van der Waals surface area (Å²) in [5.74, 6) is 0.0795. The SMILES string of the molecule is CCCCCCC(=O)Nc1ccn([C@@H]2CO[C@H](CO)O2)c(=O)n1. The Kier molecular flexibility index (Phi) is 6.69. The summed E-state index contributed by atoms with van der Waals surface area (Å²) in [6.45, 7) is 2.00. The maximum Gasteiger partial charge on any atom is 0.351 e. The molecule has 1 aromatic rings. The van der Waals surface area contributed by atoms with Crippen molar-refractivity contribution < 1.29 is 19.4 Å². The van der Waals surface area contributed by atoms with E-state index in [-0.39, 0.29) is 24.9 Å². The van der Waals surface area contributed by atoms with Crippen LogP contribution in [-0.2, 0) is 14.3 Å². The molecule has 0 aliphatic carbocycles. The molecule has 1 aromatic heterocycles. The van der Waals surface area contributed by atoms with E-state index < -0.39 is 18.2 Å². The molecule has 0 spiro atoms. The van der Waals surface area contributed by atoms with Gasteiger partial charge in [-0.1, -0.05) is 26.2 Å². The summed E-state index contributed by atoms with van der Waals surface area (Å²) in [6, 6.07) is 1.54. The fourth-order valence-electron chi connectivity index (χ4n) is 2.30. The lowest BCUT2D eigenvalue weighted by molar-refractivity contribution is -0.116. The number of amides is 1. The Morgan fingerprint density at radius 3 is 2.96 bits per heavy atom. The molecule has 2 heterocycles. The summed E-state index contributed by atoms with van der Waals surface area (Å²) in [5, 5.41) is 11.6. The van der Waals surface area contributed by atoms with Crippen molar-refractivity contribution in [3.63, 3.8) is 0 Å². The molecule has 1 saturated heterocycles. The molecule has 8 heteroatoms. The molecule has 0 radical (unpaired) electrons. The molecule has 0 bridgehead atoms. The number of aromatic nitrogens is 2. The Morgan fingerprint density at radius 2 is 2.30 bits per heavy atom. The minimum atomic E-state index is -0.727. The largest absolute Gasteiger partial charge is 0.391 e. The van der Waals surface area contributed by atoms with Crippen LogP contribution in [0.2, 0.25) is 0 Å². The van der Waals surface area contributed by atoms with Crippen molar-refractivity contribution >= 4 is 11.7 Å². The maximum atomic E-state index is 12.0. The summed E-state index contributed by atoms with van der Waals surface area (Å²) in [6.07, 6.45) is 4.64. The average Bonchev–Trinajstić information content (AvgIpc) is 3.00. The third-order valence-corrected chi connectivity index (χ3v) is 3.55. The molecular weight excluding hydrogens is 302 g/mol. The van der Waals surface area contributed by atoms with E-state index >= 15 is 0 Å². The predicted molar refractivity (Wildman–Crippen MR) is 82.8 cm³/mol. The molecule has 2 atom stereocenters. The van der Waals surface area contributed by atoms with Crippen LogP contribution in [0.3, 0.4) is 0 Å². The molecule has 0 unspecified atom stereocenters. The molecule has 2 N–H and O–H groups in total. The fraction of sp³-hybridized carbons (Fsp3) is 0.667. The molecule has 0 saturated carbocycles. The summed E-state index contributed by atoms with van der Waals surface area (Å²) in [7, 11) is 0. The van der Waals surface area contributed by atoms with Gasteiger partial charge in [-0.2, -0.15) is 4.98 Å². The van der Waals surface area contributed by atoms with Gasteiger partial charge in [0.2, 0.25) is 5.91 Å². The summed E-state index contributed by atoms with van der Waals surface area (Å²) in [4.78, 5) is 27.6. The van der Waals surface area contributed by atoms with E-state index in [0.717, 1.165) is 25.7 Å². The van der Waals surface area contributed by atoms with E-state index in [1.807, 2.05) is 0 Å². The molecule has 2 rings (SSSR count). The number of ether oxygens (including phenoxy) is 2. The van der Waals surface area contributed by atoms with Gasteiger partial charge in [-0.05, 0) is 12.5 Å². The second-order valence-electron chi connectivity index (χ2n) is 5.40. The van der Waals surface area contributed by atoms with Gasteiger partial charge in [-0.15, -0.1) is 0 Å². The van der Waals surface area contributed by atoms with Crippen molar-refractivity contribution in [2.75, 3.05) is 18.5 Å². The number of anilines is 1. The predicted octanol–water partition coefficient (Wildman–Crippen LogP) is 1.02. The first-order chi connectivity index (χ1) is 11.1. The van der Waals surface area contributed by atoms with Crippen LogP contribution in [0.25, 0.3) is 0 Å². The van der Waals surface area contributed by atoms with Crippen LogP contribution < -0.4 is 11.0 Å². The number of hydrogen-bond donors (Lipinski definition) is 2. The average molecular weight is 325 g/mol. The number of aliphatic hydroxyl groups excluding tert-OH is 1. The van der Waals surface area contributed by atoms with Crippen molar-refractivity contribution in [1.82, 2.24) is 9.55 Å². The lowest BCUT2D eigenvalue weighted by atomic mass is 10.1. The molecule has 8 nitrogen and oxygen atoms in total. The van der Waals surface area contributed by atoms with Crippen molar-refractivity contribution in [2.45, 2.75) is 51.5 Å². The van der Waals surface area contributed by atoms with Gasteiger partial charge in [0.15, 0.2) is 12.5 Å². The van der Waals surface area contributed by atoms with Gasteiger partial charge in [0.25, 0.3) is 0 Å². The van der Waals surface area contributed by atoms with Gasteiger partial charge in [-0.3, -0.25) is 9.36 Å². The topological polar surface area (TPSA) is 103 Å². The van der Waals surface area contributed by atoms with Crippen molar-refractivity contribution in [3.05, 3.63) is 22.7 Å². The first-order valence-corrected chi connectivity index (χ1v) is 7.91. The molecule has 0 aromatic carbocycles. The third-order valence-electron chi connectivity index (χ3n) is 3.55. The van der Waals surface area contributed by atoms with Crippen LogP contribution >= 0.6 is 0 Å². The van der Waals surface area contributed by atoms with Crippen LogP contribution in [-0.4, -0.2) is 40.1 Å². The van der Waals surface area contributed by atoms with Gasteiger partial charge >= 0.3 is 5.69 Å². The zero-order valence-electron chi connectivity index (χ0n) is 13.2. The van der Waals surface area contributed by atoms with Gasteiger partial charge in [0, 0.05) is 12.6 Å². The van der Waals surface area contributed by atoms with Crippen LogP contribution in [0, 0.1) is 0 Å². The van der Waals surface area contributed by atoms with Gasteiger partial charge in [-0.25, -0.2) is 4.79 Å². The summed E-state index contributed by atoms with van der Waals surface area (Å²) in [5.41, 5.74) is -0.541. The highest BCUT2D eigenvalue weighted by molar-refractivity contribution is 5.89. The quantitative estimate of drug-likeness (QED) is 0.692. The lowest BCUT2D eigenvalue weighted by Crippen LogP contribution is -2.29. The van der Waals surface area contributed by atoms with Crippen LogP contribution in [0.15, 0.2) is 17.1 Å². The minimum Gasteiger partial charge on any atom is -0.391 e. The number of hydrogen-bond acceptors (Lipinski definition) is 6. The van der Waals surface area contributed by atoms with E-state index in [1.165, 1.54) is 10.8 Å². The third kappa shape index (κ3) is 5.12. The van der Waals surface area contributed by atoms with Gasteiger partial charge < -0.3 is 19.9 Å². The number of aliphatic hydroxyl groups is 1. The maximum absolute atomic E-state index is 12.0. The number of nitrogens with zero attached hydrogens (tertiary/aromatic N) is 2. The summed E-state index contributed by atoms with van der Waals surface area (Å²) < 4.78 is 11.8. The molecule has 1 fully saturated rings. The molecule has 128 valence electrons. The smallest absolute Gasteiger partial charge is 0.351 e. The van der Waals surface area contributed by atoms with E-state index in [9.17, 15) is 9.59 Å². The van der Waals surface area contributed by atoms with E-state index in [4.69, 9.17) is 14.6 Å². The van der Waals surface area contributed by atoms with E-state index in [1.54, 1.807) is 6.07 Å². The highest BCUT2D eigenvalue weighted by Crippen LogP contribution is 2.19. The van der Waals surface area contributed by atoms with Crippen LogP contribution in [0.1, 0.15) is 45.3 Å². The number of unbranched alkanes of at least 4 members (excludes halogenated alkanes) is 3. The number of carbonyl (C=O) groups is 1. The zero-order valence-corrected chi connectivity index (χ0v) is 13.2. The second kappa shape index (κ2) is 8.76. The van der Waals surface area contributed by atoms with Gasteiger partial charge in [0.1, 0.15) is 5.82 Å². The Morgan fingerprint density at radius 1 is 1.48 bits per heavy atom. The first-order valence-electron chi connectivity index (χ1n) is 7.91. The molecule has 1 amide bonds.